The van der Waals surface area contributed by atoms with E-state index in [1.54, 1.807) is 35.4 Å². The molecule has 0 aliphatic heterocycles. The first-order valence-corrected chi connectivity index (χ1v) is 9.96. The fourth-order valence-electron chi connectivity index (χ4n) is 3.58. The van der Waals surface area contributed by atoms with Crippen molar-refractivity contribution in [1.82, 2.24) is 28.8 Å². The second-order valence-corrected chi connectivity index (χ2v) is 7.25. The highest BCUT2D eigenvalue weighted by atomic mass is 16.1. The highest BCUT2D eigenvalue weighted by Gasteiger charge is 2.17. The normalized spacial score (nSPS) is 11.1. The van der Waals surface area contributed by atoms with E-state index in [-0.39, 0.29) is 23.2 Å². The van der Waals surface area contributed by atoms with Gasteiger partial charge in [-0.3, -0.25) is 19.4 Å². The fourth-order valence-corrected chi connectivity index (χ4v) is 3.58. The van der Waals surface area contributed by atoms with Crippen LogP contribution < -0.4 is 16.4 Å². The number of nitrogens with one attached hydrogen (secondary N) is 2. The lowest BCUT2D eigenvalue weighted by molar-refractivity contribution is 0.0955. The van der Waals surface area contributed by atoms with Crippen LogP contribution in [0.3, 0.4) is 0 Å². The molecule has 0 bridgehead atoms. The molecule has 0 spiro atoms. The fraction of sp³-hybridized carbons (Fsp3) is 0.227. The molecule has 0 radical (unpaired) electrons. The van der Waals surface area contributed by atoms with Crippen LogP contribution in [0.1, 0.15) is 22.3 Å². The molecule has 158 valence electrons. The third kappa shape index (κ3) is 3.77. The van der Waals surface area contributed by atoms with Crippen molar-refractivity contribution in [2.45, 2.75) is 26.4 Å². The van der Waals surface area contributed by atoms with Crippen LogP contribution in [-0.2, 0) is 13.1 Å². The first-order valence-electron chi connectivity index (χ1n) is 9.96. The van der Waals surface area contributed by atoms with E-state index in [2.05, 4.69) is 16.9 Å². The molecule has 31 heavy (non-hydrogen) atoms. The van der Waals surface area contributed by atoms with E-state index in [0.29, 0.717) is 36.2 Å². The van der Waals surface area contributed by atoms with Crippen molar-refractivity contribution in [1.29, 1.82) is 5.41 Å². The Labute approximate surface area is 177 Å². The van der Waals surface area contributed by atoms with E-state index in [0.717, 1.165) is 5.56 Å². The van der Waals surface area contributed by atoms with Crippen LogP contribution in [0.5, 0.6) is 0 Å². The molecule has 4 heterocycles. The number of aromatic nitrogens is 5. The van der Waals surface area contributed by atoms with Crippen molar-refractivity contribution < 1.29 is 4.79 Å². The van der Waals surface area contributed by atoms with Gasteiger partial charge in [-0.2, -0.15) is 0 Å². The summed E-state index contributed by atoms with van der Waals surface area (Å²) in [6, 6.07) is 5.13. The number of rotatable bonds is 7. The number of nitrogens with zero attached hydrogens (tertiary/aromatic N) is 5. The predicted octanol–water partition coefficient (Wildman–Crippen LogP) is 1.64. The van der Waals surface area contributed by atoms with Gasteiger partial charge in [-0.1, -0.05) is 12.1 Å². The van der Waals surface area contributed by atoms with Gasteiger partial charge in [0.2, 0.25) is 0 Å². The molecule has 2 N–H and O–H groups in total. The molecule has 0 aromatic carbocycles. The molecule has 0 saturated heterocycles. The number of pyridine rings is 2. The Bertz CT molecular complexity index is 1400. The Morgan fingerprint density at radius 3 is 2.87 bits per heavy atom. The van der Waals surface area contributed by atoms with Gasteiger partial charge in [-0.15, -0.1) is 6.58 Å². The summed E-state index contributed by atoms with van der Waals surface area (Å²) < 4.78 is 5.06. The molecule has 4 rings (SSSR count). The number of hydrogen-bond donors (Lipinski definition) is 2. The first-order chi connectivity index (χ1) is 15.0. The summed E-state index contributed by atoms with van der Waals surface area (Å²) >= 11 is 0. The largest absolute Gasteiger partial charge is 0.348 e. The van der Waals surface area contributed by atoms with E-state index >= 15 is 0 Å². The second-order valence-electron chi connectivity index (χ2n) is 7.25. The summed E-state index contributed by atoms with van der Waals surface area (Å²) in [7, 11) is 0. The lowest BCUT2D eigenvalue weighted by Crippen LogP contribution is -2.35. The van der Waals surface area contributed by atoms with Crippen molar-refractivity contribution in [2.75, 3.05) is 6.54 Å². The summed E-state index contributed by atoms with van der Waals surface area (Å²) in [6.45, 7) is 6.86. The lowest BCUT2D eigenvalue weighted by Gasteiger charge is -2.15. The van der Waals surface area contributed by atoms with Crippen molar-refractivity contribution in [3.8, 4) is 0 Å². The number of hydrogen-bond acceptors (Lipinski definition) is 5. The maximum absolute atomic E-state index is 13.2. The predicted molar refractivity (Wildman–Crippen MR) is 117 cm³/mol. The van der Waals surface area contributed by atoms with Crippen LogP contribution in [-0.4, -0.2) is 36.0 Å². The van der Waals surface area contributed by atoms with E-state index in [4.69, 9.17) is 10.4 Å². The molecule has 0 aliphatic carbocycles. The highest BCUT2D eigenvalue weighted by molar-refractivity contribution is 5.96. The Morgan fingerprint density at radius 1 is 1.29 bits per heavy atom. The molecule has 0 saturated carbocycles. The van der Waals surface area contributed by atoms with Crippen LogP contribution in [0, 0.1) is 12.3 Å². The molecule has 9 nitrogen and oxygen atoms in total. The van der Waals surface area contributed by atoms with Crippen LogP contribution in [0.2, 0.25) is 0 Å². The standard InChI is InChI=1S/C22H23N7O2/c1-3-7-25-21(30)16-13-17-20(26-19-15(2)6-4-10-29(19)22(17)31)28(18(16)23)11-5-9-27-12-8-24-14-27/h3-4,6,8,10,12-14,23H,1,5,7,9,11H2,2H3,(H,25,30). The van der Waals surface area contributed by atoms with E-state index in [1.807, 2.05) is 23.8 Å². The summed E-state index contributed by atoms with van der Waals surface area (Å²) in [5.74, 6) is -0.427. The number of amides is 1. The van der Waals surface area contributed by atoms with Gasteiger partial charge in [0.15, 0.2) is 0 Å². The molecular formula is C22H23N7O2. The quantitative estimate of drug-likeness (QED) is 0.352. The molecule has 4 aromatic heterocycles. The summed E-state index contributed by atoms with van der Waals surface area (Å²) in [5, 5.41) is 11.7. The zero-order valence-electron chi connectivity index (χ0n) is 17.2. The summed E-state index contributed by atoms with van der Waals surface area (Å²) in [6.07, 6.45) is 9.20. The number of imidazole rings is 1. The molecular weight excluding hydrogens is 394 g/mol. The highest BCUT2D eigenvalue weighted by Crippen LogP contribution is 2.13. The monoisotopic (exact) mass is 417 g/mol. The minimum atomic E-state index is -0.427. The van der Waals surface area contributed by atoms with Crippen LogP contribution >= 0.6 is 0 Å². The number of fused-ring (bicyclic) bond motifs is 2. The van der Waals surface area contributed by atoms with Crippen LogP contribution in [0.25, 0.3) is 16.7 Å². The van der Waals surface area contributed by atoms with Crippen molar-refractivity contribution in [3.05, 3.63) is 82.7 Å². The van der Waals surface area contributed by atoms with Crippen molar-refractivity contribution in [2.24, 2.45) is 0 Å². The van der Waals surface area contributed by atoms with Gasteiger partial charge < -0.3 is 14.5 Å². The maximum Gasteiger partial charge on any atom is 0.267 e. The topological polar surface area (TPSA) is 110 Å². The molecule has 0 unspecified atom stereocenters. The molecule has 4 aromatic rings. The van der Waals surface area contributed by atoms with Gasteiger partial charge in [0, 0.05) is 38.2 Å². The number of aryl methyl sites for hydroxylation is 3. The van der Waals surface area contributed by atoms with Crippen LogP contribution in [0.4, 0.5) is 0 Å². The third-order valence-corrected chi connectivity index (χ3v) is 5.14. The van der Waals surface area contributed by atoms with E-state index in [9.17, 15) is 9.59 Å². The Kier molecular flexibility index (Phi) is 5.48. The molecule has 0 aliphatic rings. The van der Waals surface area contributed by atoms with Crippen LogP contribution in [0.15, 0.2) is 60.6 Å². The third-order valence-electron chi connectivity index (χ3n) is 5.14. The van der Waals surface area contributed by atoms with Gasteiger partial charge in [-0.25, -0.2) is 9.97 Å². The van der Waals surface area contributed by atoms with E-state index in [1.165, 1.54) is 10.5 Å². The second kappa shape index (κ2) is 8.39. The Hall–Kier alpha value is -4.01. The zero-order valence-corrected chi connectivity index (χ0v) is 17.2. The summed E-state index contributed by atoms with van der Waals surface area (Å²) in [5.41, 5.74) is 1.66. The SMILES string of the molecule is C=CCNC(=O)c1cc2c(=O)n3cccc(C)c3nc2n(CCCn2ccnc2)c1=N. The molecule has 0 atom stereocenters. The number of carbonyl (C=O) groups excluding carboxylic acids is 1. The molecule has 1 amide bonds. The van der Waals surface area contributed by atoms with E-state index < -0.39 is 5.91 Å². The van der Waals surface area contributed by atoms with Gasteiger partial charge >= 0.3 is 0 Å². The average Bonchev–Trinajstić information content (AvgIpc) is 3.28. The summed E-state index contributed by atoms with van der Waals surface area (Å²) in [4.78, 5) is 34.7. The Balaban J connectivity index is 1.90. The smallest absolute Gasteiger partial charge is 0.267 e. The number of carbonyl (C=O) groups is 1. The Morgan fingerprint density at radius 2 is 2.13 bits per heavy atom. The van der Waals surface area contributed by atoms with Gasteiger partial charge in [0.1, 0.15) is 16.8 Å². The minimum Gasteiger partial charge on any atom is -0.348 e. The van der Waals surface area contributed by atoms with Crippen molar-refractivity contribution in [3.63, 3.8) is 0 Å². The van der Waals surface area contributed by atoms with Crippen molar-refractivity contribution >= 4 is 22.6 Å². The molecule has 0 fully saturated rings. The molecule has 9 heteroatoms. The van der Waals surface area contributed by atoms with Gasteiger partial charge in [0.25, 0.3) is 11.5 Å². The van der Waals surface area contributed by atoms with Gasteiger partial charge in [-0.05, 0) is 31.0 Å². The van der Waals surface area contributed by atoms with Gasteiger partial charge in [0.05, 0.1) is 17.3 Å². The zero-order chi connectivity index (χ0) is 22.0. The lowest BCUT2D eigenvalue weighted by atomic mass is 10.2. The first kappa shape index (κ1) is 20.3. The maximum atomic E-state index is 13.2. The minimum absolute atomic E-state index is 0.0181. The average molecular weight is 417 g/mol.